The molecule has 112 valence electrons. The first-order valence-corrected chi connectivity index (χ1v) is 8.70. The maximum absolute atomic E-state index is 12.5. The summed E-state index contributed by atoms with van der Waals surface area (Å²) in [4.78, 5) is -0.162. The van der Waals surface area contributed by atoms with Crippen molar-refractivity contribution in [2.75, 3.05) is 6.54 Å². The maximum atomic E-state index is 12.5. The van der Waals surface area contributed by atoms with E-state index >= 15 is 0 Å². The molecule has 0 amide bonds. The van der Waals surface area contributed by atoms with E-state index in [2.05, 4.69) is 4.72 Å². The van der Waals surface area contributed by atoms with Gasteiger partial charge in [-0.1, -0.05) is 34.8 Å². The van der Waals surface area contributed by atoms with Crippen molar-refractivity contribution >= 4 is 44.8 Å². The number of nitrogens with two attached hydrogens (primary N) is 1. The molecule has 4 nitrogen and oxygen atoms in total. The summed E-state index contributed by atoms with van der Waals surface area (Å²) < 4.78 is 27.7. The van der Waals surface area contributed by atoms with Gasteiger partial charge in [0.1, 0.15) is 4.90 Å². The van der Waals surface area contributed by atoms with Crippen LogP contribution < -0.4 is 10.5 Å². The summed E-state index contributed by atoms with van der Waals surface area (Å²) in [5.41, 5.74) is 5.03. The SMILES string of the molecule is CC(CN)(NS(=O)(=O)c1c(Cl)cc(Cl)cc1Cl)C1CC1. The molecule has 2 rings (SSSR count). The van der Waals surface area contributed by atoms with Crippen molar-refractivity contribution in [3.8, 4) is 0 Å². The average Bonchev–Trinajstić information content (AvgIpc) is 3.09. The Morgan fingerprint density at radius 2 is 1.80 bits per heavy atom. The summed E-state index contributed by atoms with van der Waals surface area (Å²) in [6.45, 7) is 2.00. The number of nitrogens with one attached hydrogen (secondary N) is 1. The number of rotatable bonds is 5. The highest BCUT2D eigenvalue weighted by Crippen LogP contribution is 2.41. The zero-order valence-electron chi connectivity index (χ0n) is 10.8. The molecule has 0 saturated heterocycles. The third-order valence-electron chi connectivity index (χ3n) is 3.50. The minimum atomic E-state index is -3.87. The monoisotopic (exact) mass is 356 g/mol. The summed E-state index contributed by atoms with van der Waals surface area (Å²) in [6, 6.07) is 2.70. The molecule has 1 atom stereocenters. The number of halogens is 3. The summed E-state index contributed by atoms with van der Waals surface area (Å²) in [6.07, 6.45) is 1.91. The fraction of sp³-hybridized carbons (Fsp3) is 0.500. The number of sulfonamides is 1. The Morgan fingerprint density at radius 1 is 1.30 bits per heavy atom. The van der Waals surface area contributed by atoms with E-state index in [1.54, 1.807) is 6.92 Å². The second kappa shape index (κ2) is 5.63. The number of benzene rings is 1. The van der Waals surface area contributed by atoms with E-state index in [4.69, 9.17) is 40.5 Å². The van der Waals surface area contributed by atoms with Gasteiger partial charge in [-0.05, 0) is 37.8 Å². The van der Waals surface area contributed by atoms with E-state index < -0.39 is 15.6 Å². The molecule has 3 N–H and O–H groups in total. The van der Waals surface area contributed by atoms with E-state index in [0.717, 1.165) is 12.8 Å². The van der Waals surface area contributed by atoms with Gasteiger partial charge in [-0.2, -0.15) is 0 Å². The minimum absolute atomic E-state index is 0.00910. The molecule has 0 heterocycles. The van der Waals surface area contributed by atoms with Gasteiger partial charge in [-0.25, -0.2) is 13.1 Å². The Morgan fingerprint density at radius 3 is 2.20 bits per heavy atom. The van der Waals surface area contributed by atoms with Crippen LogP contribution in [-0.4, -0.2) is 20.5 Å². The summed E-state index contributed by atoms with van der Waals surface area (Å²) in [5, 5.41) is 0.262. The lowest BCUT2D eigenvalue weighted by Crippen LogP contribution is -2.53. The molecule has 1 fully saturated rings. The number of hydrogen-bond acceptors (Lipinski definition) is 3. The quantitative estimate of drug-likeness (QED) is 0.850. The molecule has 0 spiro atoms. The molecule has 0 aromatic heterocycles. The molecular formula is C12H15Cl3N2O2S. The average molecular weight is 358 g/mol. The highest BCUT2D eigenvalue weighted by atomic mass is 35.5. The topological polar surface area (TPSA) is 72.2 Å². The molecular weight excluding hydrogens is 343 g/mol. The van der Waals surface area contributed by atoms with E-state index in [1.165, 1.54) is 12.1 Å². The molecule has 0 radical (unpaired) electrons. The molecule has 0 aliphatic heterocycles. The number of hydrogen-bond donors (Lipinski definition) is 2. The van der Waals surface area contributed by atoms with Crippen molar-refractivity contribution in [3.05, 3.63) is 27.2 Å². The van der Waals surface area contributed by atoms with Gasteiger partial charge in [0.25, 0.3) is 0 Å². The van der Waals surface area contributed by atoms with E-state index in [9.17, 15) is 8.42 Å². The highest BCUT2D eigenvalue weighted by molar-refractivity contribution is 7.89. The maximum Gasteiger partial charge on any atom is 0.244 e. The Balaban J connectivity index is 2.41. The van der Waals surface area contributed by atoms with E-state index in [0.29, 0.717) is 0 Å². The normalized spacial score (nSPS) is 18.9. The first kappa shape index (κ1) is 16.3. The molecule has 1 aliphatic rings. The highest BCUT2D eigenvalue weighted by Gasteiger charge is 2.44. The largest absolute Gasteiger partial charge is 0.329 e. The summed E-state index contributed by atoms with van der Waals surface area (Å²) in [5.74, 6) is 0.243. The molecule has 8 heteroatoms. The first-order valence-electron chi connectivity index (χ1n) is 6.08. The van der Waals surface area contributed by atoms with Crippen LogP contribution in [0.3, 0.4) is 0 Å². The van der Waals surface area contributed by atoms with Gasteiger partial charge >= 0.3 is 0 Å². The first-order chi connectivity index (χ1) is 9.19. The van der Waals surface area contributed by atoms with Crippen molar-refractivity contribution in [1.82, 2.24) is 4.72 Å². The third-order valence-corrected chi connectivity index (χ3v) is 6.25. The summed E-state index contributed by atoms with van der Waals surface area (Å²) >= 11 is 17.7. The molecule has 1 aromatic carbocycles. The van der Waals surface area contributed by atoms with Crippen molar-refractivity contribution < 1.29 is 8.42 Å². The van der Waals surface area contributed by atoms with Crippen LogP contribution >= 0.6 is 34.8 Å². The zero-order chi connectivity index (χ0) is 15.1. The lowest BCUT2D eigenvalue weighted by Gasteiger charge is -2.29. The smallest absolute Gasteiger partial charge is 0.244 e. The van der Waals surface area contributed by atoms with Gasteiger partial charge in [0.05, 0.1) is 10.0 Å². The van der Waals surface area contributed by atoms with Crippen molar-refractivity contribution in [2.24, 2.45) is 11.7 Å². The van der Waals surface area contributed by atoms with Gasteiger partial charge in [0, 0.05) is 17.1 Å². The van der Waals surface area contributed by atoms with Gasteiger partial charge in [-0.3, -0.25) is 0 Å². The molecule has 1 aliphatic carbocycles. The predicted octanol–water partition coefficient (Wildman–Crippen LogP) is 3.05. The third kappa shape index (κ3) is 3.24. The van der Waals surface area contributed by atoms with Gasteiger partial charge in [-0.15, -0.1) is 0 Å². The Hall–Kier alpha value is -0.0400. The fourth-order valence-corrected chi connectivity index (χ4v) is 5.18. The Labute approximate surface area is 133 Å². The molecule has 20 heavy (non-hydrogen) atoms. The van der Waals surface area contributed by atoms with Crippen LogP contribution in [0.15, 0.2) is 17.0 Å². The standard InChI is InChI=1S/C12H15Cl3N2O2S/c1-12(6-16,7-2-3-7)17-20(18,19)11-9(14)4-8(13)5-10(11)15/h4-5,7,17H,2-3,6,16H2,1H3. The minimum Gasteiger partial charge on any atom is -0.329 e. The summed E-state index contributed by atoms with van der Waals surface area (Å²) in [7, 11) is -3.87. The molecule has 1 saturated carbocycles. The second-order valence-electron chi connectivity index (χ2n) is 5.20. The molecule has 1 unspecified atom stereocenters. The van der Waals surface area contributed by atoms with Crippen LogP contribution in [-0.2, 0) is 10.0 Å². The van der Waals surface area contributed by atoms with Crippen LogP contribution in [0.2, 0.25) is 15.1 Å². The van der Waals surface area contributed by atoms with Gasteiger partial charge < -0.3 is 5.73 Å². The second-order valence-corrected chi connectivity index (χ2v) is 8.07. The van der Waals surface area contributed by atoms with Gasteiger partial charge in [0.15, 0.2) is 0 Å². The van der Waals surface area contributed by atoms with Gasteiger partial charge in [0.2, 0.25) is 10.0 Å². The lowest BCUT2D eigenvalue weighted by atomic mass is 9.98. The van der Waals surface area contributed by atoms with Crippen LogP contribution in [0.25, 0.3) is 0 Å². The molecule has 1 aromatic rings. The van der Waals surface area contributed by atoms with Crippen molar-refractivity contribution in [3.63, 3.8) is 0 Å². The lowest BCUT2D eigenvalue weighted by molar-refractivity contribution is 0.374. The van der Waals surface area contributed by atoms with Crippen LogP contribution in [0, 0.1) is 5.92 Å². The molecule has 0 bridgehead atoms. The Bertz CT molecular complexity index is 609. The van der Waals surface area contributed by atoms with Crippen LogP contribution in [0.5, 0.6) is 0 Å². The zero-order valence-corrected chi connectivity index (χ0v) is 13.9. The predicted molar refractivity (Wildman–Crippen MR) is 82.0 cm³/mol. The van der Waals surface area contributed by atoms with Crippen molar-refractivity contribution in [1.29, 1.82) is 0 Å². The van der Waals surface area contributed by atoms with Crippen LogP contribution in [0.1, 0.15) is 19.8 Å². The Kier molecular flexibility index (Phi) is 4.60. The van der Waals surface area contributed by atoms with Crippen molar-refractivity contribution in [2.45, 2.75) is 30.2 Å². The van der Waals surface area contributed by atoms with Crippen LogP contribution in [0.4, 0.5) is 0 Å². The fourth-order valence-electron chi connectivity index (χ4n) is 2.16. The van der Waals surface area contributed by atoms with E-state index in [-0.39, 0.29) is 32.4 Å². The van der Waals surface area contributed by atoms with E-state index in [1.807, 2.05) is 0 Å².